The maximum Gasteiger partial charge on any atom is 0.164 e. The maximum atomic E-state index is 9.85. The molecule has 0 radical (unpaired) electrons. The summed E-state index contributed by atoms with van der Waals surface area (Å²) in [6.07, 6.45) is 0. The lowest BCUT2D eigenvalue weighted by Gasteiger charge is -2.12. The van der Waals surface area contributed by atoms with Crippen molar-refractivity contribution in [3.8, 4) is 78.7 Å². The summed E-state index contributed by atoms with van der Waals surface area (Å²) >= 11 is 0. The highest BCUT2D eigenvalue weighted by Crippen LogP contribution is 2.42. The van der Waals surface area contributed by atoms with Gasteiger partial charge in [0.05, 0.1) is 26.0 Å². The zero-order chi connectivity index (χ0) is 57.5. The molecule has 9 aromatic carbocycles. The van der Waals surface area contributed by atoms with Crippen LogP contribution in [0.1, 0.15) is 26.0 Å². The quantitative estimate of drug-likeness (QED) is 0.160. The second-order valence-electron chi connectivity index (χ2n) is 14.0. The molecule has 3 aromatic heterocycles. The lowest BCUT2D eigenvalue weighted by atomic mass is 9.91. The number of hydrogen-bond acceptors (Lipinski definition) is 5. The number of rotatable bonds is 7. The van der Waals surface area contributed by atoms with Crippen molar-refractivity contribution in [1.82, 2.24) is 15.0 Å². The van der Waals surface area contributed by atoms with E-state index in [2.05, 4.69) is 0 Å². The molecular weight excluding hydrogens is 759 g/mol. The van der Waals surface area contributed by atoms with Gasteiger partial charge in [-0.3, -0.25) is 0 Å². The smallest absolute Gasteiger partial charge is 0.164 e. The number of furan rings is 2. The molecule has 0 aliphatic heterocycles. The summed E-state index contributed by atoms with van der Waals surface area (Å²) in [5, 5.41) is 0.513. The van der Waals surface area contributed by atoms with Gasteiger partial charge in [0.2, 0.25) is 0 Å². The number of hydrogen-bond donors (Lipinski definition) is 0. The molecule has 0 bridgehead atoms. The van der Waals surface area contributed by atoms with Gasteiger partial charge in [0.25, 0.3) is 0 Å². The van der Waals surface area contributed by atoms with Gasteiger partial charge in [-0.05, 0) is 92.9 Å². The van der Waals surface area contributed by atoms with E-state index in [4.69, 9.17) is 40.2 Å². The lowest BCUT2D eigenvalue weighted by Crippen LogP contribution is -2.00. The number of fused-ring (bicyclic) bond motifs is 6. The van der Waals surface area contributed by atoms with Crippen LogP contribution in [-0.4, -0.2) is 15.0 Å². The van der Waals surface area contributed by atoms with Crippen molar-refractivity contribution in [3.63, 3.8) is 0 Å². The van der Waals surface area contributed by atoms with Crippen LogP contribution in [0.3, 0.4) is 0 Å². The molecule has 0 amide bonds. The summed E-state index contributed by atoms with van der Waals surface area (Å²) in [5.74, 6) is -0.0567. The Morgan fingerprint density at radius 3 is 1.66 bits per heavy atom. The van der Waals surface area contributed by atoms with Crippen LogP contribution in [0.4, 0.5) is 0 Å². The van der Waals surface area contributed by atoms with Crippen LogP contribution in [0.2, 0.25) is 0 Å². The minimum Gasteiger partial charge on any atom is -0.456 e. The molecule has 0 fully saturated rings. The lowest BCUT2D eigenvalue weighted by molar-refractivity contribution is 0.668. The first-order valence-electron chi connectivity index (χ1n) is 28.7. The van der Waals surface area contributed by atoms with Crippen LogP contribution in [0.25, 0.3) is 123 Å². The Balaban J connectivity index is 1.17. The number of nitrogens with zero attached hydrogens (tertiary/aromatic N) is 3. The monoisotopic (exact) mass is 812 g/mol. The topological polar surface area (TPSA) is 65.0 Å². The fraction of sp³-hybridized carbons (Fsp3) is 0. The van der Waals surface area contributed by atoms with Gasteiger partial charge in [-0.15, -0.1) is 0 Å². The molecule has 290 valence electrons. The van der Waals surface area contributed by atoms with Gasteiger partial charge in [-0.2, -0.15) is 0 Å². The van der Waals surface area contributed by atoms with Crippen LogP contribution in [-0.2, 0) is 0 Å². The Hall–Kier alpha value is -8.41. The van der Waals surface area contributed by atoms with Crippen molar-refractivity contribution in [1.29, 1.82) is 0 Å². The van der Waals surface area contributed by atoms with Crippen LogP contribution in [0.15, 0.2) is 221 Å². The van der Waals surface area contributed by atoms with Gasteiger partial charge in [-0.1, -0.05) is 163 Å². The highest BCUT2D eigenvalue weighted by Gasteiger charge is 2.20. The van der Waals surface area contributed by atoms with Gasteiger partial charge in [0.1, 0.15) is 22.3 Å². The Morgan fingerprint density at radius 1 is 0.306 bits per heavy atom. The molecule has 5 nitrogen and oxygen atoms in total. The summed E-state index contributed by atoms with van der Waals surface area (Å²) < 4.78 is 185. The molecule has 0 saturated heterocycles. The first kappa shape index (κ1) is 21.2. The summed E-state index contributed by atoms with van der Waals surface area (Å²) in [5.41, 5.74) is -2.01. The summed E-state index contributed by atoms with van der Waals surface area (Å²) in [4.78, 5) is 14.6. The molecule has 3 heterocycles. The van der Waals surface area contributed by atoms with E-state index in [9.17, 15) is 9.60 Å². The Kier molecular flexibility index (Phi) is 5.03. The maximum absolute atomic E-state index is 9.85. The van der Waals surface area contributed by atoms with Gasteiger partial charge in [0, 0.05) is 38.2 Å². The van der Waals surface area contributed by atoms with Crippen LogP contribution in [0, 0.1) is 0 Å². The third-order valence-corrected chi connectivity index (χ3v) is 10.3. The van der Waals surface area contributed by atoms with E-state index in [1.807, 2.05) is 66.7 Å². The minimum atomic E-state index is -0.970. The third kappa shape index (κ3) is 6.23. The Bertz CT molecular complexity index is 4600. The molecule has 12 rings (SSSR count). The van der Waals surface area contributed by atoms with Crippen molar-refractivity contribution in [2.75, 3.05) is 0 Å². The Morgan fingerprint density at radius 2 is 0.903 bits per heavy atom. The molecule has 5 heteroatoms. The molecule has 62 heavy (non-hydrogen) atoms. The first-order valence-corrected chi connectivity index (χ1v) is 19.2. The molecule has 0 atom stereocenters. The fourth-order valence-electron chi connectivity index (χ4n) is 7.48. The number of aromatic nitrogens is 3. The van der Waals surface area contributed by atoms with E-state index in [-0.39, 0.29) is 23.0 Å². The van der Waals surface area contributed by atoms with Crippen molar-refractivity contribution in [2.45, 2.75) is 0 Å². The molecular formula is C57H35N3O2. The van der Waals surface area contributed by atoms with E-state index in [1.165, 1.54) is 0 Å². The van der Waals surface area contributed by atoms with Crippen molar-refractivity contribution < 1.29 is 34.9 Å². The van der Waals surface area contributed by atoms with Gasteiger partial charge in [0.15, 0.2) is 17.5 Å². The molecule has 0 spiro atoms. The van der Waals surface area contributed by atoms with Crippen molar-refractivity contribution >= 4 is 43.9 Å². The fourth-order valence-corrected chi connectivity index (χ4v) is 7.48. The van der Waals surface area contributed by atoms with Gasteiger partial charge in [-0.25, -0.2) is 15.0 Å². The van der Waals surface area contributed by atoms with Gasteiger partial charge < -0.3 is 8.83 Å². The number of para-hydroxylation sites is 1. The molecule has 0 aliphatic rings. The molecule has 0 saturated carbocycles. The van der Waals surface area contributed by atoms with Gasteiger partial charge >= 0.3 is 0 Å². The molecule has 0 aliphatic carbocycles. The minimum absolute atomic E-state index is 0.0939. The largest absolute Gasteiger partial charge is 0.456 e. The predicted molar refractivity (Wildman–Crippen MR) is 252 cm³/mol. The van der Waals surface area contributed by atoms with Crippen molar-refractivity contribution in [2.24, 2.45) is 0 Å². The Labute approximate surface area is 383 Å². The van der Waals surface area contributed by atoms with E-state index in [1.54, 1.807) is 30.3 Å². The molecule has 0 N–H and O–H groups in total. The summed E-state index contributed by atoms with van der Waals surface area (Å²) in [6, 6.07) is 13.3. The molecule has 0 unspecified atom stereocenters. The SMILES string of the molecule is [2H]c1c([2H])c([2H])c(-c2c([2H])c(-c3c([2H])c([2H])c([2H])c([2H])c3[2H])c([2H])c(-c3c([2H])c([2H])c([2H])c4oc5c([2H])c(-c6nc(-c7ccc(-c8ccccc8)cc7)nc(-c7cccc8oc9ccccc9c78)n6)c([2H])c([2H])c5c34)c2[2H])c([2H])c1[2H]. The van der Waals surface area contributed by atoms with Crippen LogP contribution in [0.5, 0.6) is 0 Å². The van der Waals surface area contributed by atoms with E-state index < -0.39 is 170 Å². The molecule has 12 aromatic rings. The zero-order valence-corrected chi connectivity index (χ0v) is 31.9. The van der Waals surface area contributed by atoms with Crippen LogP contribution >= 0.6 is 0 Å². The summed E-state index contributed by atoms with van der Waals surface area (Å²) in [6.45, 7) is 0. The summed E-state index contributed by atoms with van der Waals surface area (Å²) in [7, 11) is 0. The zero-order valence-electron chi connectivity index (χ0n) is 50.9. The average Bonchev–Trinajstić information content (AvgIpc) is 4.06. The van der Waals surface area contributed by atoms with E-state index >= 15 is 0 Å². The average molecular weight is 813 g/mol. The first-order chi connectivity index (χ1) is 38.6. The van der Waals surface area contributed by atoms with E-state index in [0.29, 0.717) is 27.7 Å². The van der Waals surface area contributed by atoms with Crippen LogP contribution < -0.4 is 0 Å². The highest BCUT2D eigenvalue weighted by molar-refractivity contribution is 6.14. The van der Waals surface area contributed by atoms with E-state index in [0.717, 1.165) is 16.5 Å². The van der Waals surface area contributed by atoms with Crippen molar-refractivity contribution in [3.05, 3.63) is 212 Å². The highest BCUT2D eigenvalue weighted by atomic mass is 16.3. The third-order valence-electron chi connectivity index (χ3n) is 10.3. The second kappa shape index (κ2) is 14.7. The second-order valence-corrected chi connectivity index (χ2v) is 14.0. The number of benzene rings is 9. The normalized spacial score (nSPS) is 15.8. The predicted octanol–water partition coefficient (Wildman–Crippen LogP) is 15.3. The standard InChI is InChI=1S/C57H35N3O2/c1-4-14-36(15-5-1)39-26-28-40(29-27-39)55-58-56(60-57(59-55)48-22-13-25-51-54(48)46-20-10-11-23-49(46)61-51)41-30-31-47-52(35-41)62-50-24-12-21-45(53(47)50)44-33-42(37-16-6-2-7-17-37)32-43(34-44)38-18-8-3-9-19-38/h1-35H/i2D,3D,6D,7D,8D,9D,12D,16D,17D,18D,19D,21D,24D,30D,31D,32D,33D,34D,35D.